The summed E-state index contributed by atoms with van der Waals surface area (Å²) in [5, 5.41) is 17.0. The second-order valence-corrected chi connectivity index (χ2v) is 6.37. The van der Waals surface area contributed by atoms with Crippen molar-refractivity contribution >= 4 is 46.4 Å². The summed E-state index contributed by atoms with van der Waals surface area (Å²) < 4.78 is 0. The number of benzene rings is 2. The molecule has 0 bridgehead atoms. The first-order chi connectivity index (χ1) is 12.3. The molecule has 0 fully saturated rings. The number of phenols is 1. The van der Waals surface area contributed by atoms with Gasteiger partial charge in [0.1, 0.15) is 5.75 Å². The molecule has 0 saturated carbocycles. The molecule has 0 spiro atoms. The Bertz CT molecular complexity index is 882. The maximum Gasteiger partial charge on any atom is 0.275 e. The number of phenolic OH excluding ortho intramolecular Hbond substituents is 1. The summed E-state index contributed by atoms with van der Waals surface area (Å²) in [6.07, 6.45) is -0.0527. The predicted molar refractivity (Wildman–Crippen MR) is 103 cm³/mol. The van der Waals surface area contributed by atoms with Gasteiger partial charge < -0.3 is 10.4 Å². The van der Waals surface area contributed by atoms with Crippen LogP contribution in [0.3, 0.4) is 0 Å². The number of nitrogens with zero attached hydrogens (tertiary/aromatic N) is 1. The monoisotopic (exact) mass is 393 g/mol. The van der Waals surface area contributed by atoms with Gasteiger partial charge in [-0.05, 0) is 37.6 Å². The van der Waals surface area contributed by atoms with Crippen LogP contribution in [-0.4, -0.2) is 22.6 Å². The number of nitrogens with one attached hydrogen (secondary N) is 2. The average Bonchev–Trinajstić information content (AvgIpc) is 2.59. The van der Waals surface area contributed by atoms with E-state index >= 15 is 0 Å². The van der Waals surface area contributed by atoms with Crippen LogP contribution in [0.4, 0.5) is 5.69 Å². The maximum absolute atomic E-state index is 12.1. The molecule has 0 radical (unpaired) electrons. The van der Waals surface area contributed by atoms with Gasteiger partial charge >= 0.3 is 0 Å². The largest absolute Gasteiger partial charge is 0.507 e. The lowest BCUT2D eigenvalue weighted by atomic mass is 10.1. The lowest BCUT2D eigenvalue weighted by molar-refractivity contribution is -0.115. The highest BCUT2D eigenvalue weighted by atomic mass is 35.5. The summed E-state index contributed by atoms with van der Waals surface area (Å²) in [4.78, 5) is 24.1. The molecule has 6 nitrogen and oxygen atoms in total. The molecular weight excluding hydrogens is 377 g/mol. The second-order valence-electron chi connectivity index (χ2n) is 5.59. The number of aromatic hydroxyl groups is 1. The van der Waals surface area contributed by atoms with Crippen LogP contribution in [0.1, 0.15) is 29.3 Å². The number of anilines is 1. The Hall–Kier alpha value is -2.57. The number of hydrazone groups is 1. The third kappa shape index (κ3) is 4.97. The van der Waals surface area contributed by atoms with E-state index in [4.69, 9.17) is 23.2 Å². The normalized spacial score (nSPS) is 11.2. The molecule has 0 aliphatic heterocycles. The third-order valence-corrected chi connectivity index (χ3v) is 4.29. The molecule has 2 aromatic rings. The smallest absolute Gasteiger partial charge is 0.275 e. The highest BCUT2D eigenvalue weighted by molar-refractivity contribution is 6.44. The van der Waals surface area contributed by atoms with Crippen LogP contribution in [0.15, 0.2) is 41.5 Å². The Labute approximate surface area is 160 Å². The summed E-state index contributed by atoms with van der Waals surface area (Å²) in [6, 6.07) is 9.73. The number of rotatable bonds is 5. The summed E-state index contributed by atoms with van der Waals surface area (Å²) in [5.74, 6) is -1.03. The minimum Gasteiger partial charge on any atom is -0.507 e. The van der Waals surface area contributed by atoms with Crippen LogP contribution in [-0.2, 0) is 4.79 Å². The topological polar surface area (TPSA) is 90.8 Å². The zero-order valence-corrected chi connectivity index (χ0v) is 15.6. The summed E-state index contributed by atoms with van der Waals surface area (Å²) in [5.41, 5.74) is 3.78. The van der Waals surface area contributed by atoms with E-state index in [1.54, 1.807) is 44.2 Å². The van der Waals surface area contributed by atoms with E-state index in [0.29, 0.717) is 22.0 Å². The SMILES string of the molecule is C/C(CC(=O)Nc1cccc(Cl)c1Cl)=N\NC(=O)c1cccc(C)c1O. The standard InChI is InChI=1S/C18H17Cl2N3O3/c1-10-5-3-6-12(17(10)25)18(26)23-22-11(2)9-15(24)21-14-8-4-7-13(19)16(14)20/h3-8,25H,9H2,1-2H3,(H,21,24)(H,23,26)/b22-11+. The fraction of sp³-hybridized carbons (Fsp3) is 0.167. The van der Waals surface area contributed by atoms with Crippen molar-refractivity contribution in [1.29, 1.82) is 0 Å². The van der Waals surface area contributed by atoms with Gasteiger partial charge in [0.25, 0.3) is 5.91 Å². The Morgan fingerprint density at radius 3 is 2.58 bits per heavy atom. The summed E-state index contributed by atoms with van der Waals surface area (Å²) in [7, 11) is 0. The van der Waals surface area contributed by atoms with Gasteiger partial charge in [0.05, 0.1) is 27.7 Å². The molecule has 0 aliphatic carbocycles. The van der Waals surface area contributed by atoms with E-state index in [1.807, 2.05) is 0 Å². The van der Waals surface area contributed by atoms with Crippen molar-refractivity contribution in [3.05, 3.63) is 57.6 Å². The Morgan fingerprint density at radius 2 is 1.85 bits per heavy atom. The van der Waals surface area contributed by atoms with Crippen molar-refractivity contribution < 1.29 is 14.7 Å². The van der Waals surface area contributed by atoms with Crippen LogP contribution in [0.5, 0.6) is 5.75 Å². The Morgan fingerprint density at radius 1 is 1.15 bits per heavy atom. The number of carbonyl (C=O) groups is 2. The molecule has 2 rings (SSSR count). The van der Waals surface area contributed by atoms with Gasteiger partial charge in [0.2, 0.25) is 5.91 Å². The fourth-order valence-electron chi connectivity index (χ4n) is 2.12. The molecule has 26 heavy (non-hydrogen) atoms. The van der Waals surface area contributed by atoms with Crippen LogP contribution in [0.2, 0.25) is 10.0 Å². The molecular formula is C18H17Cl2N3O3. The zero-order valence-electron chi connectivity index (χ0n) is 14.1. The van der Waals surface area contributed by atoms with E-state index in [0.717, 1.165) is 0 Å². The second kappa shape index (κ2) is 8.69. The molecule has 0 atom stereocenters. The molecule has 0 saturated heterocycles. The van der Waals surface area contributed by atoms with Crippen molar-refractivity contribution in [2.24, 2.45) is 5.10 Å². The number of hydrogen-bond acceptors (Lipinski definition) is 4. The molecule has 0 aliphatic rings. The molecule has 2 amide bonds. The lowest BCUT2D eigenvalue weighted by Gasteiger charge is -2.08. The average molecular weight is 394 g/mol. The van der Waals surface area contributed by atoms with Crippen molar-refractivity contribution in [3.63, 3.8) is 0 Å². The van der Waals surface area contributed by atoms with E-state index in [2.05, 4.69) is 15.8 Å². The molecule has 3 N–H and O–H groups in total. The zero-order chi connectivity index (χ0) is 19.3. The molecule has 0 aromatic heterocycles. The van der Waals surface area contributed by atoms with E-state index in [9.17, 15) is 14.7 Å². The maximum atomic E-state index is 12.1. The highest BCUT2D eigenvalue weighted by Gasteiger charge is 2.13. The van der Waals surface area contributed by atoms with E-state index in [1.165, 1.54) is 6.07 Å². The van der Waals surface area contributed by atoms with E-state index in [-0.39, 0.29) is 28.7 Å². The number of carbonyl (C=O) groups excluding carboxylic acids is 2. The van der Waals surface area contributed by atoms with Gasteiger partial charge in [-0.1, -0.05) is 41.4 Å². The molecule has 8 heteroatoms. The number of aryl methyl sites for hydroxylation is 1. The highest BCUT2D eigenvalue weighted by Crippen LogP contribution is 2.29. The predicted octanol–water partition coefficient (Wildman–Crippen LogP) is 4.14. The van der Waals surface area contributed by atoms with Crippen LogP contribution in [0, 0.1) is 6.92 Å². The third-order valence-electron chi connectivity index (χ3n) is 3.47. The molecule has 136 valence electrons. The van der Waals surface area contributed by atoms with Crippen molar-refractivity contribution in [3.8, 4) is 5.75 Å². The van der Waals surface area contributed by atoms with Crippen molar-refractivity contribution in [2.45, 2.75) is 20.3 Å². The Kier molecular flexibility index (Phi) is 6.60. The number of amides is 2. The number of hydrogen-bond donors (Lipinski definition) is 3. The fourth-order valence-corrected chi connectivity index (χ4v) is 2.46. The van der Waals surface area contributed by atoms with Crippen molar-refractivity contribution in [2.75, 3.05) is 5.32 Å². The van der Waals surface area contributed by atoms with Gasteiger partial charge in [-0.25, -0.2) is 5.43 Å². The van der Waals surface area contributed by atoms with Gasteiger partial charge in [0, 0.05) is 5.71 Å². The van der Waals surface area contributed by atoms with Gasteiger partial charge in [0.15, 0.2) is 0 Å². The van der Waals surface area contributed by atoms with Gasteiger partial charge in [-0.2, -0.15) is 5.10 Å². The molecule has 2 aromatic carbocycles. The van der Waals surface area contributed by atoms with Crippen LogP contribution < -0.4 is 10.7 Å². The van der Waals surface area contributed by atoms with Gasteiger partial charge in [-0.3, -0.25) is 9.59 Å². The summed E-state index contributed by atoms with van der Waals surface area (Å²) in [6.45, 7) is 3.28. The first kappa shape index (κ1) is 19.8. The lowest BCUT2D eigenvalue weighted by Crippen LogP contribution is -2.21. The van der Waals surface area contributed by atoms with Crippen LogP contribution >= 0.6 is 23.2 Å². The van der Waals surface area contributed by atoms with E-state index < -0.39 is 5.91 Å². The Balaban J connectivity index is 1.97. The van der Waals surface area contributed by atoms with Gasteiger partial charge in [-0.15, -0.1) is 0 Å². The first-order valence-corrected chi connectivity index (χ1v) is 8.41. The summed E-state index contributed by atoms with van der Waals surface area (Å²) >= 11 is 11.9. The molecule has 0 heterocycles. The number of para-hydroxylation sites is 1. The minimum absolute atomic E-state index is 0.0527. The quantitative estimate of drug-likeness (QED) is 0.526. The minimum atomic E-state index is -0.566. The van der Waals surface area contributed by atoms with Crippen LogP contribution in [0.25, 0.3) is 0 Å². The molecule has 0 unspecified atom stereocenters. The van der Waals surface area contributed by atoms with Crippen molar-refractivity contribution in [1.82, 2.24) is 5.43 Å². The first-order valence-electron chi connectivity index (χ1n) is 7.65. The number of halogens is 2.